The highest BCUT2D eigenvalue weighted by Crippen LogP contribution is 2.40. The van der Waals surface area contributed by atoms with Gasteiger partial charge in [0.15, 0.2) is 5.65 Å². The molecule has 4 heterocycles. The first-order valence-electron chi connectivity index (χ1n) is 14.8. The van der Waals surface area contributed by atoms with Gasteiger partial charge in [-0.2, -0.15) is 5.10 Å². The van der Waals surface area contributed by atoms with Crippen molar-refractivity contribution in [2.45, 2.75) is 37.8 Å². The summed E-state index contributed by atoms with van der Waals surface area (Å²) in [5, 5.41) is 7.13. The van der Waals surface area contributed by atoms with Crippen LogP contribution in [-0.2, 0) is 4.79 Å². The summed E-state index contributed by atoms with van der Waals surface area (Å²) in [6.07, 6.45) is 6.33. The fourth-order valence-electron chi connectivity index (χ4n) is 6.59. The average molecular weight is 582 g/mol. The number of nitrogens with one attached hydrogen (secondary N) is 1. The molecule has 1 amide bonds. The Kier molecular flexibility index (Phi) is 8.26. The van der Waals surface area contributed by atoms with E-state index in [0.29, 0.717) is 17.9 Å². The predicted octanol–water partition coefficient (Wildman–Crippen LogP) is 4.07. The standard InChI is InChI=1S/C31H36N8O.CH3NO/c1-37-13-15-38(16-14-37)22-8-10-23(11-9-22)39-31-28(30(32)33-19-34-31)29(36-39)21-7-12-24(27(18-21)40-2)26-17-20-5-3-4-6-25(20)35-26;2-1-3/h3-7,12,17-19,22-23,35H,8-11,13-16H2,1-2H3,(H2,32,33,34);1H,(H2,2,3). The molecular formula is C32H39N9O2. The summed E-state index contributed by atoms with van der Waals surface area (Å²) in [4.78, 5) is 26.2. The number of carbonyl (C=O) groups is 1. The summed E-state index contributed by atoms with van der Waals surface area (Å²) < 4.78 is 7.99. The molecule has 1 aliphatic heterocycles. The molecule has 2 aromatic carbocycles. The highest BCUT2D eigenvalue weighted by molar-refractivity contribution is 5.99. The number of nitrogens with zero attached hydrogens (tertiary/aromatic N) is 6. The van der Waals surface area contributed by atoms with Crippen molar-refractivity contribution in [2.75, 3.05) is 46.1 Å². The van der Waals surface area contributed by atoms with E-state index >= 15 is 0 Å². The third-order valence-corrected chi connectivity index (χ3v) is 8.88. The van der Waals surface area contributed by atoms with Gasteiger partial charge in [0.1, 0.15) is 23.6 Å². The number of benzene rings is 2. The minimum Gasteiger partial charge on any atom is -0.496 e. The average Bonchev–Trinajstić information content (AvgIpc) is 3.65. The molecule has 0 unspecified atom stereocenters. The van der Waals surface area contributed by atoms with Crippen molar-refractivity contribution in [1.82, 2.24) is 34.5 Å². The molecule has 11 nitrogen and oxygen atoms in total. The number of methoxy groups -OCH3 is 1. The van der Waals surface area contributed by atoms with Gasteiger partial charge in [-0.3, -0.25) is 9.69 Å². The van der Waals surface area contributed by atoms with Crippen LogP contribution < -0.4 is 16.2 Å². The van der Waals surface area contributed by atoms with Crippen LogP contribution in [0, 0.1) is 0 Å². The van der Waals surface area contributed by atoms with E-state index in [1.54, 1.807) is 13.4 Å². The smallest absolute Gasteiger partial charge is 0.204 e. The number of aromatic amines is 1. The van der Waals surface area contributed by atoms with Gasteiger partial charge in [-0.1, -0.05) is 24.3 Å². The van der Waals surface area contributed by atoms with Crippen molar-refractivity contribution < 1.29 is 9.53 Å². The van der Waals surface area contributed by atoms with E-state index in [9.17, 15) is 0 Å². The van der Waals surface area contributed by atoms with Gasteiger partial charge in [-0.05, 0) is 57.0 Å². The van der Waals surface area contributed by atoms with Crippen molar-refractivity contribution in [1.29, 1.82) is 0 Å². The van der Waals surface area contributed by atoms with Crippen LogP contribution >= 0.6 is 0 Å². The number of primary amides is 1. The quantitative estimate of drug-likeness (QED) is 0.264. The van der Waals surface area contributed by atoms with Gasteiger partial charge in [-0.25, -0.2) is 14.6 Å². The zero-order chi connectivity index (χ0) is 29.9. The van der Waals surface area contributed by atoms with E-state index < -0.39 is 0 Å². The van der Waals surface area contributed by atoms with E-state index in [0.717, 1.165) is 70.7 Å². The number of H-pyrrole nitrogens is 1. The molecule has 0 atom stereocenters. The molecule has 1 saturated carbocycles. The van der Waals surface area contributed by atoms with Crippen molar-refractivity contribution >= 4 is 34.2 Å². The molecule has 11 heteroatoms. The monoisotopic (exact) mass is 581 g/mol. The maximum absolute atomic E-state index is 8.58. The summed E-state index contributed by atoms with van der Waals surface area (Å²) in [6, 6.07) is 17.6. The van der Waals surface area contributed by atoms with Gasteiger partial charge in [0, 0.05) is 54.3 Å². The van der Waals surface area contributed by atoms with Crippen LogP contribution in [0.4, 0.5) is 5.82 Å². The fraction of sp³-hybridized carbons (Fsp3) is 0.375. The minimum atomic E-state index is 0.250. The topological polar surface area (TPSA) is 144 Å². The Hall–Kier alpha value is -4.48. The molecule has 7 rings (SSSR count). The molecule has 0 bridgehead atoms. The number of ether oxygens (including phenoxy) is 1. The molecule has 5 N–H and O–H groups in total. The van der Waals surface area contributed by atoms with Gasteiger partial charge < -0.3 is 26.1 Å². The number of nitrogens with two attached hydrogens (primary N) is 2. The summed E-state index contributed by atoms with van der Waals surface area (Å²) in [5.41, 5.74) is 16.3. The van der Waals surface area contributed by atoms with E-state index in [1.807, 2.05) is 18.2 Å². The largest absolute Gasteiger partial charge is 0.496 e. The Balaban J connectivity index is 0.00000105. The van der Waals surface area contributed by atoms with Crippen LogP contribution in [0.2, 0.25) is 0 Å². The Labute approximate surface area is 250 Å². The van der Waals surface area contributed by atoms with E-state index in [4.69, 9.17) is 20.4 Å². The molecule has 43 heavy (non-hydrogen) atoms. The summed E-state index contributed by atoms with van der Waals surface area (Å²) in [6.45, 7) is 4.65. The number of nitrogen functional groups attached to an aromatic ring is 1. The Bertz CT molecular complexity index is 1680. The van der Waals surface area contributed by atoms with E-state index in [-0.39, 0.29) is 6.41 Å². The maximum Gasteiger partial charge on any atom is 0.204 e. The number of hydrogen-bond acceptors (Lipinski definition) is 8. The highest BCUT2D eigenvalue weighted by atomic mass is 16.5. The molecule has 1 saturated heterocycles. The first-order chi connectivity index (χ1) is 21.0. The molecule has 0 spiro atoms. The lowest BCUT2D eigenvalue weighted by Crippen LogP contribution is -2.49. The van der Waals surface area contributed by atoms with Gasteiger partial charge >= 0.3 is 0 Å². The molecule has 3 aromatic heterocycles. The highest BCUT2D eigenvalue weighted by Gasteiger charge is 2.31. The van der Waals surface area contributed by atoms with Gasteiger partial charge in [0.25, 0.3) is 0 Å². The summed E-state index contributed by atoms with van der Waals surface area (Å²) in [5.74, 6) is 1.23. The lowest BCUT2D eigenvalue weighted by molar-refractivity contribution is -0.106. The van der Waals surface area contributed by atoms with Crippen LogP contribution in [-0.4, -0.2) is 87.3 Å². The van der Waals surface area contributed by atoms with Gasteiger partial charge in [0.2, 0.25) is 6.41 Å². The second-order valence-corrected chi connectivity index (χ2v) is 11.4. The number of likely N-dealkylation sites (N-methyl/N-ethyl adjacent to an activating group) is 1. The summed E-state index contributed by atoms with van der Waals surface area (Å²) in [7, 11) is 3.92. The number of anilines is 1. The first kappa shape index (κ1) is 28.6. The van der Waals surface area contributed by atoms with Crippen LogP contribution in [0.3, 0.4) is 0 Å². The fourth-order valence-corrected chi connectivity index (χ4v) is 6.59. The number of fused-ring (bicyclic) bond motifs is 2. The molecule has 5 aromatic rings. The van der Waals surface area contributed by atoms with Gasteiger partial charge in [0.05, 0.1) is 24.2 Å². The third kappa shape index (κ3) is 5.65. The van der Waals surface area contributed by atoms with Crippen molar-refractivity contribution in [3.05, 3.63) is 54.9 Å². The lowest BCUT2D eigenvalue weighted by atomic mass is 9.90. The second kappa shape index (κ2) is 12.4. The zero-order valence-electron chi connectivity index (χ0n) is 24.7. The van der Waals surface area contributed by atoms with Crippen molar-refractivity contribution in [2.24, 2.45) is 5.73 Å². The third-order valence-electron chi connectivity index (χ3n) is 8.88. The number of amides is 1. The van der Waals surface area contributed by atoms with Crippen molar-refractivity contribution in [3.8, 4) is 28.3 Å². The number of aromatic nitrogens is 5. The zero-order valence-corrected chi connectivity index (χ0v) is 24.7. The molecular weight excluding hydrogens is 542 g/mol. The SMILES string of the molecule is COc1cc(-c2nn(C3CCC(N4CCN(C)CC4)CC3)c3ncnc(N)c23)ccc1-c1cc2ccccc2[nH]1.NC=O. The maximum atomic E-state index is 8.58. The van der Waals surface area contributed by atoms with Crippen LogP contribution in [0.5, 0.6) is 5.75 Å². The minimum absolute atomic E-state index is 0.250. The first-order valence-corrected chi connectivity index (χ1v) is 14.8. The Morgan fingerprint density at radius 3 is 2.42 bits per heavy atom. The van der Waals surface area contributed by atoms with Crippen LogP contribution in [0.25, 0.3) is 44.5 Å². The molecule has 2 aliphatic rings. The molecule has 0 radical (unpaired) electrons. The van der Waals surface area contributed by atoms with E-state index in [1.165, 1.54) is 31.3 Å². The summed E-state index contributed by atoms with van der Waals surface area (Å²) >= 11 is 0. The van der Waals surface area contributed by atoms with Crippen molar-refractivity contribution in [3.63, 3.8) is 0 Å². The normalized spacial score (nSPS) is 19.7. The Morgan fingerprint density at radius 2 is 1.70 bits per heavy atom. The van der Waals surface area contributed by atoms with Crippen LogP contribution in [0.1, 0.15) is 31.7 Å². The second-order valence-electron chi connectivity index (χ2n) is 11.4. The Morgan fingerprint density at radius 1 is 0.977 bits per heavy atom. The predicted molar refractivity (Wildman–Crippen MR) is 170 cm³/mol. The van der Waals surface area contributed by atoms with Gasteiger partial charge in [-0.15, -0.1) is 0 Å². The number of hydrogen-bond donors (Lipinski definition) is 3. The molecule has 224 valence electrons. The van der Waals surface area contributed by atoms with Crippen LogP contribution in [0.15, 0.2) is 54.9 Å². The molecule has 2 fully saturated rings. The number of piperazine rings is 1. The molecule has 1 aliphatic carbocycles. The van der Waals surface area contributed by atoms with E-state index in [2.05, 4.69) is 72.5 Å². The number of para-hydroxylation sites is 1. The lowest BCUT2D eigenvalue weighted by Gasteiger charge is -2.41. The number of carbonyl (C=O) groups excluding carboxylic acids is 1. The number of rotatable bonds is 5.